The fourth-order valence-electron chi connectivity index (χ4n) is 2.47. The summed E-state index contributed by atoms with van der Waals surface area (Å²) in [5.41, 5.74) is 6.28. The molecule has 0 bridgehead atoms. The molecule has 0 aromatic heterocycles. The molecule has 2 aromatic rings. The summed E-state index contributed by atoms with van der Waals surface area (Å²) in [5, 5.41) is 14.1. The van der Waals surface area contributed by atoms with Crippen molar-refractivity contribution in [3.05, 3.63) is 58.6 Å². The minimum Gasteiger partial charge on any atom is -0.493 e. The second-order valence-electron chi connectivity index (χ2n) is 6.00. The molecule has 140 valence electrons. The van der Waals surface area contributed by atoms with Crippen LogP contribution in [0.15, 0.2) is 47.5 Å². The third kappa shape index (κ3) is 5.03. The average Bonchev–Trinajstić information content (AvgIpc) is 2.64. The number of nitrogens with two attached hydrogens (primary N) is 1. The Bertz CT molecular complexity index is 778. The van der Waals surface area contributed by atoms with Crippen molar-refractivity contribution in [1.29, 1.82) is 0 Å². The number of nitrogens with one attached hydrogen (secondary N) is 1. The van der Waals surface area contributed by atoms with Gasteiger partial charge in [0, 0.05) is 10.6 Å². The third-order valence-electron chi connectivity index (χ3n) is 3.95. The van der Waals surface area contributed by atoms with Crippen LogP contribution in [-0.2, 0) is 12.1 Å². The first-order valence-corrected chi connectivity index (χ1v) is 8.47. The third-order valence-corrected chi connectivity index (χ3v) is 4.28. The first-order valence-electron chi connectivity index (χ1n) is 8.09. The predicted molar refractivity (Wildman–Crippen MR) is 104 cm³/mol. The molecule has 0 saturated heterocycles. The highest BCUT2D eigenvalue weighted by atomic mass is 35.5. The van der Waals surface area contributed by atoms with E-state index in [9.17, 15) is 5.11 Å². The summed E-state index contributed by atoms with van der Waals surface area (Å²) in [7, 11) is 3.17. The molecule has 1 atom stereocenters. The van der Waals surface area contributed by atoms with Gasteiger partial charge in [-0.3, -0.25) is 0 Å². The van der Waals surface area contributed by atoms with Gasteiger partial charge in [0.2, 0.25) is 0 Å². The van der Waals surface area contributed by atoms with E-state index >= 15 is 0 Å². The second kappa shape index (κ2) is 8.78. The molecule has 0 aliphatic carbocycles. The fourth-order valence-corrected chi connectivity index (χ4v) is 2.81. The van der Waals surface area contributed by atoms with Gasteiger partial charge in [-0.2, -0.15) is 0 Å². The highest BCUT2D eigenvalue weighted by molar-refractivity contribution is 6.31. The number of methoxy groups -OCH3 is 2. The van der Waals surface area contributed by atoms with Gasteiger partial charge in [-0.15, -0.1) is 0 Å². The molecule has 2 rings (SSSR count). The van der Waals surface area contributed by atoms with Crippen molar-refractivity contribution in [2.75, 3.05) is 20.8 Å². The molecule has 1 unspecified atom stereocenters. The standard InChI is InChI=1S/C19H24ClN3O3/c1-19(24,14-6-4-5-7-15(14)20)12-23-18(21)22-11-13-8-9-16(25-2)17(10-13)26-3/h4-10,24H,11-12H2,1-3H3,(H3,21,22,23). The molecule has 0 aliphatic rings. The molecule has 0 aliphatic heterocycles. The molecule has 0 radical (unpaired) electrons. The van der Waals surface area contributed by atoms with Gasteiger partial charge < -0.3 is 25.6 Å². The molecule has 2 aromatic carbocycles. The Balaban J connectivity index is 1.99. The Morgan fingerprint density at radius 1 is 1.19 bits per heavy atom. The number of benzene rings is 2. The molecule has 4 N–H and O–H groups in total. The number of ether oxygens (including phenoxy) is 2. The maximum absolute atomic E-state index is 10.6. The van der Waals surface area contributed by atoms with E-state index in [2.05, 4.69) is 10.3 Å². The van der Waals surface area contributed by atoms with Crippen LogP contribution < -0.4 is 20.5 Å². The molecule has 0 spiro atoms. The average molecular weight is 378 g/mol. The smallest absolute Gasteiger partial charge is 0.189 e. The highest BCUT2D eigenvalue weighted by Gasteiger charge is 2.25. The number of rotatable bonds is 7. The van der Waals surface area contributed by atoms with Crippen molar-refractivity contribution in [2.24, 2.45) is 10.7 Å². The lowest BCUT2D eigenvalue weighted by Gasteiger charge is -2.25. The minimum absolute atomic E-state index is 0.179. The van der Waals surface area contributed by atoms with E-state index in [1.165, 1.54) is 0 Å². The zero-order valence-electron chi connectivity index (χ0n) is 15.1. The van der Waals surface area contributed by atoms with Crippen LogP contribution in [-0.4, -0.2) is 31.8 Å². The second-order valence-corrected chi connectivity index (χ2v) is 6.41. The van der Waals surface area contributed by atoms with Gasteiger partial charge in [0.05, 0.1) is 27.3 Å². The van der Waals surface area contributed by atoms with E-state index in [0.29, 0.717) is 28.6 Å². The molecule has 26 heavy (non-hydrogen) atoms. The summed E-state index contributed by atoms with van der Waals surface area (Å²) in [5.74, 6) is 1.52. The van der Waals surface area contributed by atoms with E-state index in [1.54, 1.807) is 33.3 Å². The van der Waals surface area contributed by atoms with Gasteiger partial charge in [-0.25, -0.2) is 4.99 Å². The maximum Gasteiger partial charge on any atom is 0.189 e. The molecule has 7 heteroatoms. The largest absolute Gasteiger partial charge is 0.493 e. The van der Waals surface area contributed by atoms with E-state index in [1.807, 2.05) is 30.3 Å². The van der Waals surface area contributed by atoms with E-state index in [-0.39, 0.29) is 12.5 Å². The van der Waals surface area contributed by atoms with Gasteiger partial charge >= 0.3 is 0 Å². The summed E-state index contributed by atoms with van der Waals surface area (Å²) >= 11 is 6.15. The fraction of sp³-hybridized carbons (Fsp3) is 0.316. The molecular formula is C19H24ClN3O3. The number of guanidine groups is 1. The maximum atomic E-state index is 10.6. The first kappa shape index (κ1) is 19.9. The number of nitrogens with zero attached hydrogens (tertiary/aromatic N) is 1. The van der Waals surface area contributed by atoms with Crippen molar-refractivity contribution in [3.63, 3.8) is 0 Å². The molecule has 6 nitrogen and oxygen atoms in total. The van der Waals surface area contributed by atoms with Gasteiger partial charge in [0.1, 0.15) is 5.60 Å². The number of hydrogen-bond acceptors (Lipinski definition) is 4. The summed E-state index contributed by atoms with van der Waals surface area (Å²) in [4.78, 5) is 4.29. The minimum atomic E-state index is -1.18. The lowest BCUT2D eigenvalue weighted by Crippen LogP contribution is -2.42. The van der Waals surface area contributed by atoms with Crippen molar-refractivity contribution < 1.29 is 14.6 Å². The zero-order chi connectivity index (χ0) is 19.2. The Labute approximate surface area is 158 Å². The van der Waals surface area contributed by atoms with Crippen LogP contribution in [0.3, 0.4) is 0 Å². The molecule has 0 amide bonds. The van der Waals surface area contributed by atoms with Crippen LogP contribution in [0.2, 0.25) is 5.02 Å². The summed E-state index contributed by atoms with van der Waals surface area (Å²) in [6.45, 7) is 2.22. The molecule has 0 fully saturated rings. The van der Waals surface area contributed by atoms with Gasteiger partial charge in [0.15, 0.2) is 17.5 Å². The van der Waals surface area contributed by atoms with Crippen molar-refractivity contribution in [1.82, 2.24) is 5.32 Å². The van der Waals surface area contributed by atoms with Crippen LogP contribution in [0, 0.1) is 0 Å². The van der Waals surface area contributed by atoms with Gasteiger partial charge in [-0.1, -0.05) is 35.9 Å². The van der Waals surface area contributed by atoms with Gasteiger partial charge in [-0.05, 0) is 30.7 Å². The number of halogens is 1. The zero-order valence-corrected chi connectivity index (χ0v) is 15.9. The topological polar surface area (TPSA) is 89.1 Å². The first-order chi connectivity index (χ1) is 12.4. The molecule has 0 saturated carbocycles. The lowest BCUT2D eigenvalue weighted by molar-refractivity contribution is 0.0619. The Hall–Kier alpha value is -2.44. The monoisotopic (exact) mass is 377 g/mol. The quantitative estimate of drug-likeness (QED) is 0.510. The SMILES string of the molecule is COc1ccc(CN=C(N)NCC(C)(O)c2ccccc2Cl)cc1OC. The van der Waals surface area contributed by atoms with Crippen LogP contribution in [0.25, 0.3) is 0 Å². The Morgan fingerprint density at radius 3 is 2.54 bits per heavy atom. The van der Waals surface area contributed by atoms with Crippen LogP contribution in [0.5, 0.6) is 11.5 Å². The van der Waals surface area contributed by atoms with Gasteiger partial charge in [0.25, 0.3) is 0 Å². The number of hydrogen-bond donors (Lipinski definition) is 3. The lowest BCUT2D eigenvalue weighted by atomic mass is 9.96. The van der Waals surface area contributed by atoms with Crippen LogP contribution in [0.4, 0.5) is 0 Å². The van der Waals surface area contributed by atoms with Crippen LogP contribution >= 0.6 is 11.6 Å². The number of aliphatic imine (C=N–C) groups is 1. The van der Waals surface area contributed by atoms with E-state index < -0.39 is 5.60 Å². The van der Waals surface area contributed by atoms with Crippen molar-refractivity contribution >= 4 is 17.6 Å². The summed E-state index contributed by atoms with van der Waals surface area (Å²) in [6, 6.07) is 12.7. The van der Waals surface area contributed by atoms with Crippen molar-refractivity contribution in [3.8, 4) is 11.5 Å². The highest BCUT2D eigenvalue weighted by Crippen LogP contribution is 2.28. The Kier molecular flexibility index (Phi) is 6.71. The molecule has 0 heterocycles. The van der Waals surface area contributed by atoms with Crippen LogP contribution in [0.1, 0.15) is 18.1 Å². The normalized spacial score (nSPS) is 13.8. The predicted octanol–water partition coefficient (Wildman–Crippen LogP) is 2.67. The van der Waals surface area contributed by atoms with Crippen molar-refractivity contribution in [2.45, 2.75) is 19.1 Å². The summed E-state index contributed by atoms with van der Waals surface area (Å²) in [6.07, 6.45) is 0. The molecular weight excluding hydrogens is 354 g/mol. The van der Waals surface area contributed by atoms with E-state index in [4.69, 9.17) is 26.8 Å². The number of aliphatic hydroxyl groups is 1. The Morgan fingerprint density at radius 2 is 1.88 bits per heavy atom. The summed E-state index contributed by atoms with van der Waals surface area (Å²) < 4.78 is 10.5. The van der Waals surface area contributed by atoms with E-state index in [0.717, 1.165) is 5.56 Å².